The number of aromatic nitrogens is 2. The summed E-state index contributed by atoms with van der Waals surface area (Å²) in [5, 5.41) is 28.9. The molecule has 0 aliphatic rings. The second-order valence-corrected chi connectivity index (χ2v) is 10.2. The van der Waals surface area contributed by atoms with Crippen LogP contribution in [0.3, 0.4) is 0 Å². The van der Waals surface area contributed by atoms with Crippen molar-refractivity contribution in [3.05, 3.63) is 95.5 Å². The Morgan fingerprint density at radius 3 is 2.85 bits per heavy atom. The first-order valence-electron chi connectivity index (χ1n) is 11.2. The maximum Gasteiger partial charge on any atom is 0.345 e. The number of non-ortho nitro benzene ring substituents is 1. The lowest BCUT2D eigenvalue weighted by atomic mass is 10.1. The minimum atomic E-state index is -0.612. The lowest BCUT2D eigenvalue weighted by Gasteiger charge is -2.09. The van der Waals surface area contributed by atoms with Gasteiger partial charge in [0.25, 0.3) is 11.6 Å². The van der Waals surface area contributed by atoms with Gasteiger partial charge in [0.2, 0.25) is 0 Å². The van der Waals surface area contributed by atoms with E-state index in [-0.39, 0.29) is 38.8 Å². The second kappa shape index (κ2) is 11.5. The molecule has 0 saturated carbocycles. The summed E-state index contributed by atoms with van der Waals surface area (Å²) in [4.78, 5) is 44.0. The van der Waals surface area contributed by atoms with E-state index in [4.69, 9.17) is 20.8 Å². The van der Waals surface area contributed by atoms with E-state index in [1.807, 2.05) is 6.07 Å². The molecular weight excluding hydrogens is 578 g/mol. The van der Waals surface area contributed by atoms with Crippen molar-refractivity contribution in [3.8, 4) is 23.1 Å². The molecule has 1 amide bonds. The maximum atomic E-state index is 12.6. The lowest BCUT2D eigenvalue weighted by molar-refractivity contribution is -0.384. The number of nitro groups is 1. The highest BCUT2D eigenvalue weighted by Crippen LogP contribution is 2.31. The molecule has 0 atom stereocenters. The summed E-state index contributed by atoms with van der Waals surface area (Å²) < 4.78 is 11.0. The number of benzene rings is 2. The molecule has 0 aliphatic carbocycles. The molecule has 198 valence electrons. The van der Waals surface area contributed by atoms with Gasteiger partial charge in [-0.1, -0.05) is 11.6 Å². The van der Waals surface area contributed by atoms with Crippen LogP contribution >= 0.6 is 34.3 Å². The van der Waals surface area contributed by atoms with Gasteiger partial charge in [-0.05, 0) is 36.4 Å². The van der Waals surface area contributed by atoms with E-state index in [1.165, 1.54) is 41.8 Å². The average molecular weight is 592 g/mol. The Morgan fingerprint density at radius 1 is 1.25 bits per heavy atom. The van der Waals surface area contributed by atoms with E-state index in [9.17, 15) is 25.0 Å². The molecule has 1 N–H and O–H groups in total. The Labute approximate surface area is 237 Å². The fourth-order valence-corrected chi connectivity index (χ4v) is 5.08. The number of thiazole rings is 2. The molecular formula is C26H14ClN5O6S2. The van der Waals surface area contributed by atoms with E-state index < -0.39 is 23.1 Å². The number of ether oxygens (including phenoxy) is 1. The number of rotatable bonds is 8. The van der Waals surface area contributed by atoms with E-state index in [2.05, 4.69) is 15.3 Å². The van der Waals surface area contributed by atoms with Gasteiger partial charge in [0.1, 0.15) is 22.4 Å². The minimum Gasteiger partial charge on any atom is -0.483 e. The van der Waals surface area contributed by atoms with Crippen LogP contribution in [0.15, 0.2) is 68.6 Å². The number of nitrogens with zero attached hydrogens (tertiary/aromatic N) is 4. The largest absolute Gasteiger partial charge is 0.483 e. The molecule has 3 aromatic heterocycles. The Morgan fingerprint density at radius 2 is 2.10 bits per heavy atom. The Balaban J connectivity index is 1.46. The van der Waals surface area contributed by atoms with E-state index in [1.54, 1.807) is 35.0 Å². The highest BCUT2D eigenvalue weighted by atomic mass is 35.5. The molecule has 11 nitrogen and oxygen atoms in total. The molecule has 5 rings (SSSR count). The van der Waals surface area contributed by atoms with Crippen molar-refractivity contribution in [2.75, 3.05) is 11.9 Å². The Hall–Kier alpha value is -4.90. The van der Waals surface area contributed by atoms with Crippen molar-refractivity contribution in [1.29, 1.82) is 5.26 Å². The van der Waals surface area contributed by atoms with Crippen molar-refractivity contribution in [2.45, 2.75) is 0 Å². The number of hydrogen-bond donors (Lipinski definition) is 1. The number of halogens is 1. The monoisotopic (exact) mass is 591 g/mol. The predicted molar refractivity (Wildman–Crippen MR) is 151 cm³/mol. The number of nitrogens with one attached hydrogen (secondary N) is 1. The Bertz CT molecular complexity index is 1890. The molecule has 0 aliphatic heterocycles. The Kier molecular flexibility index (Phi) is 7.65. The summed E-state index contributed by atoms with van der Waals surface area (Å²) in [6.07, 6.45) is 2.91. The molecule has 0 fully saturated rings. The third kappa shape index (κ3) is 5.89. The first-order valence-corrected chi connectivity index (χ1v) is 13.4. The van der Waals surface area contributed by atoms with Gasteiger partial charge >= 0.3 is 5.63 Å². The van der Waals surface area contributed by atoms with Crippen LogP contribution in [0.2, 0.25) is 5.02 Å². The van der Waals surface area contributed by atoms with Crippen LogP contribution in [0.4, 0.5) is 10.8 Å². The molecule has 0 bridgehead atoms. The molecule has 0 radical (unpaired) electrons. The van der Waals surface area contributed by atoms with Crippen LogP contribution < -0.4 is 15.7 Å². The van der Waals surface area contributed by atoms with Gasteiger partial charge in [0.05, 0.1) is 21.8 Å². The number of carbonyl (C=O) groups is 1. The quantitative estimate of drug-likeness (QED) is 0.0984. The van der Waals surface area contributed by atoms with E-state index in [0.29, 0.717) is 21.1 Å². The first kappa shape index (κ1) is 26.7. The van der Waals surface area contributed by atoms with Crippen LogP contribution in [0.1, 0.15) is 10.6 Å². The number of carbonyl (C=O) groups excluding carboxylic acids is 1. The predicted octanol–water partition coefficient (Wildman–Crippen LogP) is 6.02. The van der Waals surface area contributed by atoms with Gasteiger partial charge in [-0.3, -0.25) is 20.2 Å². The molecule has 5 aromatic rings. The van der Waals surface area contributed by atoms with Crippen LogP contribution in [-0.4, -0.2) is 27.4 Å². The normalized spacial score (nSPS) is 11.2. The molecule has 2 aromatic carbocycles. The summed E-state index contributed by atoms with van der Waals surface area (Å²) in [6, 6.07) is 12.3. The van der Waals surface area contributed by atoms with Crippen molar-refractivity contribution >= 4 is 73.6 Å². The number of amides is 1. The summed E-state index contributed by atoms with van der Waals surface area (Å²) in [5.74, 6) is -0.347. The molecule has 0 saturated heterocycles. The fraction of sp³-hybridized carbons (Fsp3) is 0.0385. The zero-order valence-electron chi connectivity index (χ0n) is 20.0. The summed E-state index contributed by atoms with van der Waals surface area (Å²) in [6.45, 7) is -0.400. The van der Waals surface area contributed by atoms with Crippen molar-refractivity contribution < 1.29 is 18.9 Å². The molecule has 0 spiro atoms. The highest BCUT2D eigenvalue weighted by molar-refractivity contribution is 7.13. The van der Waals surface area contributed by atoms with Crippen molar-refractivity contribution in [2.24, 2.45) is 0 Å². The molecule has 3 heterocycles. The average Bonchev–Trinajstić information content (AvgIpc) is 3.63. The van der Waals surface area contributed by atoms with E-state index >= 15 is 0 Å². The third-order valence-corrected chi connectivity index (χ3v) is 7.17. The van der Waals surface area contributed by atoms with Crippen LogP contribution in [-0.2, 0) is 4.79 Å². The number of nitro benzene ring substituents is 1. The first-order chi connectivity index (χ1) is 19.3. The van der Waals surface area contributed by atoms with Gasteiger partial charge in [-0.15, -0.1) is 22.7 Å². The summed E-state index contributed by atoms with van der Waals surface area (Å²) in [5.41, 5.74) is 0.220. The van der Waals surface area contributed by atoms with Crippen molar-refractivity contribution in [1.82, 2.24) is 9.97 Å². The topological polar surface area (TPSA) is 161 Å². The number of nitriles is 1. The number of allylic oxidation sites excluding steroid dienone is 1. The SMILES string of the molecule is N#CC(=Cc1cc([N+](=O)[O-])ccc1OCC(=O)Nc1nccs1)c1nc(-c2cc3cc(Cl)ccc3oc2=O)cs1. The molecule has 40 heavy (non-hydrogen) atoms. The van der Waals surface area contributed by atoms with Crippen molar-refractivity contribution in [3.63, 3.8) is 0 Å². The van der Waals surface area contributed by atoms with Gasteiger partial charge in [-0.25, -0.2) is 14.8 Å². The lowest BCUT2D eigenvalue weighted by Crippen LogP contribution is -2.20. The van der Waals surface area contributed by atoms with Crippen LogP contribution in [0.5, 0.6) is 5.75 Å². The zero-order chi connectivity index (χ0) is 28.2. The zero-order valence-corrected chi connectivity index (χ0v) is 22.4. The number of hydrogen-bond acceptors (Lipinski definition) is 11. The van der Waals surface area contributed by atoms with Crippen LogP contribution in [0, 0.1) is 21.4 Å². The summed E-state index contributed by atoms with van der Waals surface area (Å²) >= 11 is 8.39. The van der Waals surface area contributed by atoms with E-state index in [0.717, 1.165) is 11.3 Å². The number of anilines is 1. The summed E-state index contributed by atoms with van der Waals surface area (Å²) in [7, 11) is 0. The number of fused-ring (bicyclic) bond motifs is 1. The minimum absolute atomic E-state index is 0.0575. The molecule has 14 heteroatoms. The fourth-order valence-electron chi connectivity index (χ4n) is 3.57. The van der Waals surface area contributed by atoms with Gasteiger partial charge in [0, 0.05) is 45.1 Å². The molecule has 0 unspecified atom stereocenters. The highest BCUT2D eigenvalue weighted by Gasteiger charge is 2.17. The van der Waals surface area contributed by atoms with Crippen LogP contribution in [0.25, 0.3) is 33.9 Å². The third-order valence-electron chi connectivity index (χ3n) is 5.37. The smallest absolute Gasteiger partial charge is 0.345 e. The standard InChI is InChI=1S/C26H14ClN5O6S2/c27-17-1-3-22-15(8-17)10-19(25(34)38-22)20-13-40-24(30-20)16(11-28)7-14-9-18(32(35)36)2-4-21(14)37-12-23(33)31-26-29-5-6-39-26/h1-10,13H,12H2,(H,29,31,33). The second-order valence-electron chi connectivity index (χ2n) is 7.99. The van der Waals surface area contributed by atoms with Gasteiger partial charge < -0.3 is 9.15 Å². The van der Waals surface area contributed by atoms with Gasteiger partial charge in [-0.2, -0.15) is 5.26 Å². The van der Waals surface area contributed by atoms with Gasteiger partial charge in [0.15, 0.2) is 11.7 Å². The maximum absolute atomic E-state index is 12.6.